The molecule has 6 unspecified atom stereocenters. The first-order valence-electron chi connectivity index (χ1n) is 13.9. The molecule has 6 aliphatic rings. The summed E-state index contributed by atoms with van der Waals surface area (Å²) in [5.41, 5.74) is 0.148. The molecule has 6 fully saturated rings. The second-order valence-corrected chi connectivity index (χ2v) is 11.8. The Kier molecular flexibility index (Phi) is 7.31. The molecule has 2 saturated heterocycles. The first kappa shape index (κ1) is 25.9. The van der Waals surface area contributed by atoms with Gasteiger partial charge in [-0.2, -0.15) is 10.5 Å². The van der Waals surface area contributed by atoms with E-state index in [1.165, 1.54) is 6.42 Å². The summed E-state index contributed by atoms with van der Waals surface area (Å²) >= 11 is 0. The Labute approximate surface area is 215 Å². The van der Waals surface area contributed by atoms with Crippen molar-refractivity contribution in [3.05, 3.63) is 12.7 Å². The number of nitrogens with zero attached hydrogens (tertiary/aromatic N) is 2. The lowest BCUT2D eigenvalue weighted by atomic mass is 9.61. The van der Waals surface area contributed by atoms with Crippen LogP contribution in [0.5, 0.6) is 0 Å². The van der Waals surface area contributed by atoms with Gasteiger partial charge >= 0.3 is 0 Å². The average molecular weight is 497 g/mol. The summed E-state index contributed by atoms with van der Waals surface area (Å²) < 4.78 is 23.7. The lowest BCUT2D eigenvalue weighted by Crippen LogP contribution is -2.47. The lowest BCUT2D eigenvalue weighted by Gasteiger charge is -2.45. The second-order valence-electron chi connectivity index (χ2n) is 11.8. The minimum absolute atomic E-state index is 0.0284. The van der Waals surface area contributed by atoms with Crippen LogP contribution in [0.2, 0.25) is 0 Å². The van der Waals surface area contributed by atoms with Gasteiger partial charge in [0.1, 0.15) is 6.29 Å². The molecule has 196 valence electrons. The van der Waals surface area contributed by atoms with Gasteiger partial charge in [-0.3, -0.25) is 0 Å². The lowest BCUT2D eigenvalue weighted by molar-refractivity contribution is -0.209. The van der Waals surface area contributed by atoms with Crippen molar-refractivity contribution in [2.24, 2.45) is 34.5 Å². The first-order chi connectivity index (χ1) is 17.5. The van der Waals surface area contributed by atoms with Gasteiger partial charge in [-0.1, -0.05) is 18.9 Å². The molecule has 2 heterocycles. The number of fused-ring (bicyclic) bond motifs is 4. The smallest absolute Gasteiger partial charge is 0.173 e. The van der Waals surface area contributed by atoms with Gasteiger partial charge in [-0.15, -0.1) is 6.58 Å². The summed E-state index contributed by atoms with van der Waals surface area (Å²) in [6, 6.07) is 4.95. The SMILES string of the molecule is C=CCC12CCCC(C#N)C1C1(CC2)OCCO1.N#CC1CCCC2(CC=O)CCC3(OCCO3)C12. The molecule has 0 aromatic rings. The summed E-state index contributed by atoms with van der Waals surface area (Å²) in [5.74, 6) is -0.646. The maximum Gasteiger partial charge on any atom is 0.173 e. The molecule has 4 saturated carbocycles. The first-order valence-corrected chi connectivity index (χ1v) is 13.9. The zero-order valence-electron chi connectivity index (χ0n) is 21.4. The fraction of sp³-hybridized carbons (Fsp3) is 0.828. The van der Waals surface area contributed by atoms with Gasteiger partial charge in [0.2, 0.25) is 0 Å². The summed E-state index contributed by atoms with van der Waals surface area (Å²) in [6.07, 6.45) is 14.7. The van der Waals surface area contributed by atoms with Crippen LogP contribution < -0.4 is 0 Å². The summed E-state index contributed by atoms with van der Waals surface area (Å²) in [5, 5.41) is 18.9. The number of aldehydes is 1. The van der Waals surface area contributed by atoms with Crippen LogP contribution in [0.25, 0.3) is 0 Å². The van der Waals surface area contributed by atoms with Crippen molar-refractivity contribution in [3.8, 4) is 12.1 Å². The Balaban J connectivity index is 0.000000148. The van der Waals surface area contributed by atoms with E-state index in [1.54, 1.807) is 0 Å². The van der Waals surface area contributed by atoms with E-state index in [0.717, 1.165) is 70.5 Å². The number of hydrogen-bond acceptors (Lipinski definition) is 7. The molecule has 2 aliphatic heterocycles. The molecule has 6 rings (SSSR count). The Hall–Kier alpha value is -1.77. The van der Waals surface area contributed by atoms with Crippen molar-refractivity contribution < 1.29 is 23.7 Å². The molecule has 36 heavy (non-hydrogen) atoms. The van der Waals surface area contributed by atoms with Gasteiger partial charge in [0, 0.05) is 31.1 Å². The van der Waals surface area contributed by atoms with Gasteiger partial charge in [-0.25, -0.2) is 0 Å². The average Bonchev–Trinajstić information content (AvgIpc) is 3.69. The molecule has 2 spiro atoms. The number of hydrogen-bond donors (Lipinski definition) is 0. The van der Waals surface area contributed by atoms with Crippen LogP contribution in [0.1, 0.15) is 77.0 Å². The highest BCUT2D eigenvalue weighted by Crippen LogP contribution is 2.63. The predicted octanol–water partition coefficient (Wildman–Crippen LogP) is 5.06. The van der Waals surface area contributed by atoms with Crippen LogP contribution in [0.15, 0.2) is 12.7 Å². The van der Waals surface area contributed by atoms with Gasteiger partial charge < -0.3 is 23.7 Å². The molecule has 0 N–H and O–H groups in total. The normalized spacial score (nSPS) is 41.5. The van der Waals surface area contributed by atoms with E-state index in [4.69, 9.17) is 18.9 Å². The van der Waals surface area contributed by atoms with E-state index in [-0.39, 0.29) is 34.5 Å². The van der Waals surface area contributed by atoms with E-state index in [2.05, 4.69) is 18.7 Å². The van der Waals surface area contributed by atoms with E-state index in [9.17, 15) is 15.3 Å². The largest absolute Gasteiger partial charge is 0.347 e. The highest BCUT2D eigenvalue weighted by atomic mass is 16.7. The minimum Gasteiger partial charge on any atom is -0.347 e. The topological polar surface area (TPSA) is 102 Å². The quantitative estimate of drug-likeness (QED) is 0.396. The van der Waals surface area contributed by atoms with Crippen LogP contribution in [0.3, 0.4) is 0 Å². The number of nitriles is 2. The fourth-order valence-corrected chi connectivity index (χ4v) is 9.09. The molecule has 4 aliphatic carbocycles. The van der Waals surface area contributed by atoms with Crippen molar-refractivity contribution in [1.82, 2.24) is 0 Å². The Morgan fingerprint density at radius 2 is 1.17 bits per heavy atom. The molecule has 0 amide bonds. The van der Waals surface area contributed by atoms with E-state index >= 15 is 0 Å². The molecular weight excluding hydrogens is 456 g/mol. The summed E-state index contributed by atoms with van der Waals surface area (Å²) in [4.78, 5) is 11.0. The summed E-state index contributed by atoms with van der Waals surface area (Å²) in [7, 11) is 0. The van der Waals surface area contributed by atoms with Crippen molar-refractivity contribution in [3.63, 3.8) is 0 Å². The molecule has 0 bridgehead atoms. The monoisotopic (exact) mass is 496 g/mol. The van der Waals surface area contributed by atoms with Crippen molar-refractivity contribution in [2.45, 2.75) is 88.6 Å². The number of carbonyl (C=O) groups is 1. The zero-order valence-corrected chi connectivity index (χ0v) is 21.4. The van der Waals surface area contributed by atoms with Gasteiger partial charge in [-0.05, 0) is 55.8 Å². The number of carbonyl (C=O) groups excluding carboxylic acids is 1. The highest BCUT2D eigenvalue weighted by molar-refractivity contribution is 5.51. The number of allylic oxidation sites excluding steroid dienone is 1. The van der Waals surface area contributed by atoms with Crippen molar-refractivity contribution in [2.75, 3.05) is 26.4 Å². The Morgan fingerprint density at radius 3 is 1.56 bits per heavy atom. The third kappa shape index (κ3) is 4.04. The van der Waals surface area contributed by atoms with Gasteiger partial charge in [0.15, 0.2) is 11.6 Å². The third-order valence-electron chi connectivity index (χ3n) is 10.3. The molecule has 0 aromatic heterocycles. The fourth-order valence-electron chi connectivity index (χ4n) is 9.09. The minimum atomic E-state index is -0.566. The van der Waals surface area contributed by atoms with Gasteiger partial charge in [0.05, 0.1) is 50.4 Å². The van der Waals surface area contributed by atoms with E-state index in [0.29, 0.717) is 32.8 Å². The van der Waals surface area contributed by atoms with E-state index < -0.39 is 11.6 Å². The maximum absolute atomic E-state index is 11.0. The number of ether oxygens (including phenoxy) is 4. The van der Waals surface area contributed by atoms with Crippen LogP contribution in [-0.2, 0) is 23.7 Å². The van der Waals surface area contributed by atoms with Crippen molar-refractivity contribution >= 4 is 6.29 Å². The molecule has 7 nitrogen and oxygen atoms in total. The Morgan fingerprint density at radius 1 is 0.722 bits per heavy atom. The predicted molar refractivity (Wildman–Crippen MR) is 131 cm³/mol. The maximum atomic E-state index is 11.0. The van der Waals surface area contributed by atoms with E-state index in [1.807, 2.05) is 6.08 Å². The van der Waals surface area contributed by atoms with Gasteiger partial charge in [0.25, 0.3) is 0 Å². The second kappa shape index (κ2) is 10.2. The van der Waals surface area contributed by atoms with Crippen LogP contribution in [0, 0.1) is 57.2 Å². The van der Waals surface area contributed by atoms with Crippen molar-refractivity contribution in [1.29, 1.82) is 10.5 Å². The third-order valence-corrected chi connectivity index (χ3v) is 10.3. The molecule has 6 atom stereocenters. The molecule has 0 radical (unpaired) electrons. The molecular formula is C29H40N2O5. The highest BCUT2D eigenvalue weighted by Gasteiger charge is 2.64. The van der Waals surface area contributed by atoms with Crippen LogP contribution in [0.4, 0.5) is 0 Å². The summed E-state index contributed by atoms with van der Waals surface area (Å²) in [6.45, 7) is 6.50. The molecule has 7 heteroatoms. The standard InChI is InChI=1S/C15H21NO2.C14H19NO3/c1-2-5-14-6-3-4-12(11-16)13(14)15(8-7-14)17-9-10-18-15;15-10-11-2-1-3-13(6-7-16)4-5-14(12(11)13)17-8-9-18-14/h2,12-13H,1,3-10H2;7,11-12H,1-6,8-9H2. The van der Waals surface area contributed by atoms with Crippen LogP contribution >= 0.6 is 0 Å². The Bertz CT molecular complexity index is 838. The number of rotatable bonds is 4. The van der Waals surface area contributed by atoms with Crippen LogP contribution in [-0.4, -0.2) is 44.3 Å². The zero-order chi connectivity index (χ0) is 25.3. The molecule has 0 aromatic carbocycles.